The molecule has 2 atom stereocenters. The van der Waals surface area contributed by atoms with E-state index in [1.807, 2.05) is 49.1 Å². The average molecular weight is 494 g/mol. The van der Waals surface area contributed by atoms with Gasteiger partial charge < -0.3 is 14.6 Å². The lowest BCUT2D eigenvalue weighted by atomic mass is 10.1. The van der Waals surface area contributed by atoms with E-state index in [1.165, 1.54) is 0 Å². The zero-order valence-electron chi connectivity index (χ0n) is 19.8. The second-order valence-corrected chi connectivity index (χ2v) is 10.2. The Morgan fingerprint density at radius 1 is 1.24 bits per heavy atom. The molecule has 2 aromatic carbocycles. The van der Waals surface area contributed by atoms with Crippen LogP contribution in [0.5, 0.6) is 0 Å². The first kappa shape index (κ1) is 23.8. The van der Waals surface area contributed by atoms with Crippen LogP contribution in [-0.2, 0) is 19.0 Å². The highest BCUT2D eigenvalue weighted by Crippen LogP contribution is 2.28. The number of aromatic nitrogens is 2. The SMILES string of the molecule is [2H]n1cnc2ccc(N(CC(COCC(C)(C)NP)OS(C)(=O)=O)c3ccccc3)cc2c1=O. The Bertz CT molecular complexity index is 1290. The fourth-order valence-corrected chi connectivity index (χ4v) is 3.90. The van der Waals surface area contributed by atoms with Gasteiger partial charge in [0.2, 0.25) is 0 Å². The predicted molar refractivity (Wildman–Crippen MR) is 133 cm³/mol. The Balaban J connectivity index is 1.98. The molecule has 0 aliphatic carbocycles. The summed E-state index contributed by atoms with van der Waals surface area (Å²) in [7, 11) is -1.33. The number of hydrogen-bond donors (Lipinski definition) is 2. The first-order chi connectivity index (χ1) is 16.0. The highest BCUT2D eigenvalue weighted by molar-refractivity contribution is 7.86. The Kier molecular flexibility index (Phi) is 7.72. The van der Waals surface area contributed by atoms with E-state index < -0.39 is 21.8 Å². The van der Waals surface area contributed by atoms with E-state index in [2.05, 4.69) is 19.5 Å². The zero-order valence-corrected chi connectivity index (χ0v) is 20.7. The molecular formula is C22H29N4O5PS. The second-order valence-electron chi connectivity index (χ2n) is 8.29. The van der Waals surface area contributed by atoms with Gasteiger partial charge in [0.25, 0.3) is 15.7 Å². The number of ether oxygens (including phenoxy) is 1. The van der Waals surface area contributed by atoms with E-state index in [0.29, 0.717) is 22.8 Å². The Morgan fingerprint density at radius 2 is 1.97 bits per heavy atom. The summed E-state index contributed by atoms with van der Waals surface area (Å²) >= 11 is 0. The fraction of sp³-hybridized carbons (Fsp3) is 0.364. The second kappa shape index (κ2) is 10.7. The molecule has 0 amide bonds. The number of nitrogens with zero attached hydrogens (tertiary/aromatic N) is 2. The van der Waals surface area contributed by atoms with Gasteiger partial charge in [-0.2, -0.15) is 8.42 Å². The summed E-state index contributed by atoms with van der Waals surface area (Å²) in [6, 6.07) is 14.5. The van der Waals surface area contributed by atoms with Gasteiger partial charge in [-0.15, -0.1) is 0 Å². The number of anilines is 2. The molecule has 9 nitrogen and oxygen atoms in total. The number of hydrogen-bond acceptors (Lipinski definition) is 8. The van der Waals surface area contributed by atoms with Crippen LogP contribution in [0, 0.1) is 0 Å². The van der Waals surface area contributed by atoms with Crippen LogP contribution in [0.25, 0.3) is 10.9 Å². The quantitative estimate of drug-likeness (QED) is 0.310. The molecule has 1 heterocycles. The van der Waals surface area contributed by atoms with Crippen molar-refractivity contribution in [2.45, 2.75) is 25.5 Å². The van der Waals surface area contributed by atoms with Crippen LogP contribution in [-0.4, -0.2) is 56.0 Å². The lowest BCUT2D eigenvalue weighted by Gasteiger charge is -2.30. The molecular weight excluding hydrogens is 463 g/mol. The van der Waals surface area contributed by atoms with Crippen LogP contribution in [0.2, 0.25) is 1.41 Å². The normalized spacial score (nSPS) is 13.6. The molecule has 0 bridgehead atoms. The van der Waals surface area contributed by atoms with Gasteiger partial charge in [-0.25, -0.2) is 4.98 Å². The zero-order chi connectivity index (χ0) is 24.9. The fourth-order valence-electron chi connectivity index (χ4n) is 3.21. The van der Waals surface area contributed by atoms with Crippen LogP contribution < -0.4 is 15.5 Å². The van der Waals surface area contributed by atoms with Crippen molar-refractivity contribution in [3.8, 4) is 0 Å². The number of rotatable bonds is 11. The lowest BCUT2D eigenvalue weighted by molar-refractivity contribution is 0.0351. The summed E-state index contributed by atoms with van der Waals surface area (Å²) in [5.41, 5.74) is 1.02. The van der Waals surface area contributed by atoms with Gasteiger partial charge in [0.05, 0.1) is 43.2 Å². The van der Waals surface area contributed by atoms with Crippen molar-refractivity contribution < 1.29 is 18.7 Å². The Labute approximate surface area is 197 Å². The third kappa shape index (κ3) is 7.31. The highest BCUT2D eigenvalue weighted by Gasteiger charge is 2.23. The topological polar surface area (TPSA) is 114 Å². The summed E-state index contributed by atoms with van der Waals surface area (Å²) in [5, 5.41) is 3.33. The molecule has 0 aliphatic heterocycles. The third-order valence-electron chi connectivity index (χ3n) is 4.82. The monoisotopic (exact) mass is 493 g/mol. The maximum Gasteiger partial charge on any atom is 0.264 e. The highest BCUT2D eigenvalue weighted by atomic mass is 32.2. The van der Waals surface area contributed by atoms with Gasteiger partial charge in [-0.05, 0) is 44.2 Å². The molecule has 33 heavy (non-hydrogen) atoms. The van der Waals surface area contributed by atoms with E-state index >= 15 is 0 Å². The summed E-state index contributed by atoms with van der Waals surface area (Å²) in [6.07, 6.45) is 1.32. The minimum absolute atomic E-state index is 0.0286. The smallest absolute Gasteiger partial charge is 0.264 e. The molecule has 0 saturated carbocycles. The van der Waals surface area contributed by atoms with Gasteiger partial charge >= 0.3 is 0 Å². The summed E-state index contributed by atoms with van der Waals surface area (Å²) < 4.78 is 42.8. The average Bonchev–Trinajstić information content (AvgIpc) is 2.79. The molecule has 2 N–H and O–H groups in total. The van der Waals surface area contributed by atoms with E-state index in [-0.39, 0.29) is 24.1 Å². The van der Waals surface area contributed by atoms with E-state index in [4.69, 9.17) is 10.3 Å². The summed E-state index contributed by atoms with van der Waals surface area (Å²) in [6.45, 7) is 4.39. The molecule has 0 aliphatic rings. The van der Waals surface area contributed by atoms with Gasteiger partial charge in [0.1, 0.15) is 6.10 Å². The van der Waals surface area contributed by atoms with E-state index in [1.54, 1.807) is 18.2 Å². The number of para-hydroxylation sites is 1. The number of benzene rings is 2. The van der Waals surface area contributed by atoms with Gasteiger partial charge in [-0.3, -0.25) is 14.1 Å². The molecule has 3 aromatic rings. The van der Waals surface area contributed by atoms with Crippen molar-refractivity contribution in [3.05, 3.63) is 65.2 Å². The molecule has 0 radical (unpaired) electrons. The maximum absolute atomic E-state index is 12.5. The van der Waals surface area contributed by atoms with E-state index in [9.17, 15) is 13.2 Å². The van der Waals surface area contributed by atoms with Gasteiger partial charge in [0.15, 0.2) is 1.41 Å². The largest absolute Gasteiger partial charge is 0.377 e. The standard InChI is InChI=1S/C22H29N4O5PS/c1-22(2,25-32)14-30-13-18(31-33(3,28)29)12-26(16-7-5-4-6-8-16)17-9-10-20-19(11-17)21(27)24-15-23-20/h4-11,15,18,25H,12-14,32H2,1-3H3,(H,23,24,27)/i/hD. The van der Waals surface area contributed by atoms with Crippen molar-refractivity contribution in [1.29, 1.82) is 0 Å². The number of H-pyrrole nitrogens is 1. The Morgan fingerprint density at radius 3 is 2.64 bits per heavy atom. The maximum atomic E-state index is 12.5. The van der Waals surface area contributed by atoms with Crippen molar-refractivity contribution >= 4 is 41.8 Å². The van der Waals surface area contributed by atoms with Crippen molar-refractivity contribution in [3.63, 3.8) is 0 Å². The van der Waals surface area contributed by atoms with Crippen LogP contribution in [0.3, 0.4) is 0 Å². The molecule has 2 unspecified atom stereocenters. The number of aromatic amines is 1. The lowest BCUT2D eigenvalue weighted by Crippen LogP contribution is -2.40. The summed E-state index contributed by atoms with van der Waals surface area (Å²) in [5.74, 6) is 0. The summed E-state index contributed by atoms with van der Waals surface area (Å²) in [4.78, 5) is 19.1. The predicted octanol–water partition coefficient (Wildman–Crippen LogP) is 2.58. The molecule has 3 rings (SSSR count). The minimum Gasteiger partial charge on any atom is -0.377 e. The molecule has 1 aromatic heterocycles. The van der Waals surface area contributed by atoms with E-state index in [0.717, 1.165) is 18.3 Å². The van der Waals surface area contributed by atoms with Crippen molar-refractivity contribution in [1.82, 2.24) is 15.0 Å². The number of nitrogens with one attached hydrogen (secondary N) is 2. The van der Waals surface area contributed by atoms with Crippen LogP contribution in [0.1, 0.15) is 13.8 Å². The number of fused-ring (bicyclic) bond motifs is 1. The Hall–Kier alpha value is -2.36. The minimum atomic E-state index is -3.77. The third-order valence-corrected chi connectivity index (χ3v) is 6.22. The van der Waals surface area contributed by atoms with Crippen LogP contribution in [0.15, 0.2) is 59.7 Å². The van der Waals surface area contributed by atoms with Crippen molar-refractivity contribution in [2.75, 3.05) is 30.9 Å². The van der Waals surface area contributed by atoms with Crippen molar-refractivity contribution in [2.24, 2.45) is 0 Å². The van der Waals surface area contributed by atoms with Crippen LogP contribution >= 0.6 is 9.39 Å². The molecule has 0 fully saturated rings. The molecule has 0 saturated heterocycles. The van der Waals surface area contributed by atoms with Gasteiger partial charge in [-0.1, -0.05) is 27.6 Å². The molecule has 178 valence electrons. The molecule has 11 heteroatoms. The first-order valence-corrected chi connectivity index (χ1v) is 12.7. The van der Waals surface area contributed by atoms with Crippen LogP contribution in [0.4, 0.5) is 11.4 Å². The van der Waals surface area contributed by atoms with Gasteiger partial charge in [0, 0.05) is 16.9 Å². The molecule has 0 spiro atoms. The first-order valence-electron chi connectivity index (χ1n) is 10.7.